The van der Waals surface area contributed by atoms with Crippen LogP contribution >= 0.6 is 31.9 Å². The van der Waals surface area contributed by atoms with E-state index in [1.807, 2.05) is 30.3 Å². The van der Waals surface area contributed by atoms with E-state index < -0.39 is 4.92 Å². The highest BCUT2D eigenvalue weighted by atomic mass is 79.9. The van der Waals surface area contributed by atoms with Gasteiger partial charge in [-0.3, -0.25) is 10.1 Å². The predicted octanol–water partition coefficient (Wildman–Crippen LogP) is 5.50. The average molecular weight is 461 g/mol. The smallest absolute Gasteiger partial charge is 0.258 e. The SMILES string of the molecule is O=[N+]([O-])c1ccc(/C(=C/c2cccnc2Br)c2cccnc2Br)cc1. The highest BCUT2D eigenvalue weighted by Crippen LogP contribution is 2.32. The van der Waals surface area contributed by atoms with E-state index in [0.717, 1.165) is 26.9 Å². The summed E-state index contributed by atoms with van der Waals surface area (Å²) < 4.78 is 1.41. The number of benzene rings is 1. The van der Waals surface area contributed by atoms with E-state index in [4.69, 9.17) is 0 Å². The lowest BCUT2D eigenvalue weighted by Gasteiger charge is -2.11. The van der Waals surface area contributed by atoms with E-state index in [1.165, 1.54) is 12.1 Å². The third-order valence-electron chi connectivity index (χ3n) is 3.53. The van der Waals surface area contributed by atoms with Crippen molar-refractivity contribution >= 4 is 49.2 Å². The first-order chi connectivity index (χ1) is 12.1. The zero-order valence-electron chi connectivity index (χ0n) is 12.8. The molecule has 0 N–H and O–H groups in total. The van der Waals surface area contributed by atoms with Gasteiger partial charge >= 0.3 is 0 Å². The van der Waals surface area contributed by atoms with E-state index in [0.29, 0.717) is 4.60 Å². The van der Waals surface area contributed by atoms with E-state index in [-0.39, 0.29) is 5.69 Å². The van der Waals surface area contributed by atoms with Crippen LogP contribution in [0.3, 0.4) is 0 Å². The Hall–Kier alpha value is -2.38. The molecule has 3 rings (SSSR count). The Morgan fingerprint density at radius 1 is 0.960 bits per heavy atom. The van der Waals surface area contributed by atoms with Gasteiger partial charge < -0.3 is 0 Å². The molecule has 3 aromatic rings. The highest BCUT2D eigenvalue weighted by molar-refractivity contribution is 9.10. The van der Waals surface area contributed by atoms with Crippen molar-refractivity contribution < 1.29 is 4.92 Å². The van der Waals surface area contributed by atoms with Crippen LogP contribution in [0, 0.1) is 10.1 Å². The Kier molecular flexibility index (Phi) is 5.35. The molecule has 0 bridgehead atoms. The molecule has 7 heteroatoms. The van der Waals surface area contributed by atoms with Crippen LogP contribution in [0.15, 0.2) is 70.1 Å². The van der Waals surface area contributed by atoms with Crippen molar-refractivity contribution in [1.29, 1.82) is 0 Å². The van der Waals surface area contributed by atoms with Gasteiger partial charge in [-0.1, -0.05) is 12.1 Å². The van der Waals surface area contributed by atoms with Crippen molar-refractivity contribution in [3.05, 3.63) is 96.9 Å². The Balaban J connectivity index is 2.18. The highest BCUT2D eigenvalue weighted by Gasteiger charge is 2.13. The van der Waals surface area contributed by atoms with Crippen molar-refractivity contribution in [3.63, 3.8) is 0 Å². The summed E-state index contributed by atoms with van der Waals surface area (Å²) >= 11 is 6.92. The van der Waals surface area contributed by atoms with Crippen LogP contribution in [-0.2, 0) is 0 Å². The number of nitro benzene ring substituents is 1. The fourth-order valence-electron chi connectivity index (χ4n) is 2.33. The zero-order chi connectivity index (χ0) is 17.8. The Morgan fingerprint density at radius 2 is 1.60 bits per heavy atom. The third kappa shape index (κ3) is 4.00. The molecule has 124 valence electrons. The Morgan fingerprint density at radius 3 is 2.20 bits per heavy atom. The van der Waals surface area contributed by atoms with Crippen LogP contribution in [0.4, 0.5) is 5.69 Å². The number of non-ortho nitro benzene ring substituents is 1. The maximum absolute atomic E-state index is 10.9. The molecule has 0 radical (unpaired) electrons. The van der Waals surface area contributed by atoms with Crippen LogP contribution < -0.4 is 0 Å². The van der Waals surface area contributed by atoms with Gasteiger partial charge in [0.1, 0.15) is 9.21 Å². The summed E-state index contributed by atoms with van der Waals surface area (Å²) in [6.07, 6.45) is 5.37. The van der Waals surface area contributed by atoms with Crippen LogP contribution in [0.1, 0.15) is 16.7 Å². The minimum atomic E-state index is -0.412. The second-order valence-corrected chi connectivity index (χ2v) is 6.59. The summed E-state index contributed by atoms with van der Waals surface area (Å²) in [5.41, 5.74) is 3.55. The lowest BCUT2D eigenvalue weighted by Crippen LogP contribution is -1.94. The minimum absolute atomic E-state index is 0.0518. The molecule has 0 fully saturated rings. The predicted molar refractivity (Wildman–Crippen MR) is 104 cm³/mol. The van der Waals surface area contributed by atoms with Gasteiger partial charge in [0.15, 0.2) is 0 Å². The number of pyridine rings is 2. The molecule has 2 aromatic heterocycles. The molecule has 5 nitrogen and oxygen atoms in total. The summed E-state index contributed by atoms with van der Waals surface area (Å²) in [5.74, 6) is 0. The number of halogens is 2. The Bertz CT molecular complexity index is 957. The molecule has 0 spiro atoms. The Labute approximate surface area is 160 Å². The average Bonchev–Trinajstić information content (AvgIpc) is 2.62. The summed E-state index contributed by atoms with van der Waals surface area (Å²) in [6, 6.07) is 14.0. The molecule has 0 saturated heterocycles. The van der Waals surface area contributed by atoms with Gasteiger partial charge in [-0.05, 0) is 73.3 Å². The van der Waals surface area contributed by atoms with Gasteiger partial charge in [-0.25, -0.2) is 9.97 Å². The summed E-state index contributed by atoms with van der Waals surface area (Å²) in [6.45, 7) is 0. The van der Waals surface area contributed by atoms with Gasteiger partial charge in [0, 0.05) is 35.7 Å². The van der Waals surface area contributed by atoms with Crippen molar-refractivity contribution in [2.45, 2.75) is 0 Å². The van der Waals surface area contributed by atoms with Gasteiger partial charge in [0.25, 0.3) is 5.69 Å². The second kappa shape index (κ2) is 7.67. The van der Waals surface area contributed by atoms with Gasteiger partial charge in [-0.2, -0.15) is 0 Å². The standard InChI is InChI=1S/C18H11Br2N3O2/c19-17-13(3-1-9-21-17)11-16(15-4-2-10-22-18(15)20)12-5-7-14(8-6-12)23(24)25/h1-11H/b16-11-. The number of nitrogens with zero attached hydrogens (tertiary/aromatic N) is 3. The lowest BCUT2D eigenvalue weighted by molar-refractivity contribution is -0.384. The number of aromatic nitrogens is 2. The van der Waals surface area contributed by atoms with E-state index >= 15 is 0 Å². The maximum atomic E-state index is 10.9. The zero-order valence-corrected chi connectivity index (χ0v) is 15.9. The topological polar surface area (TPSA) is 68.9 Å². The van der Waals surface area contributed by atoms with Crippen LogP contribution in [-0.4, -0.2) is 14.9 Å². The maximum Gasteiger partial charge on any atom is 0.269 e. The summed E-state index contributed by atoms with van der Waals surface area (Å²) in [4.78, 5) is 19.0. The van der Waals surface area contributed by atoms with Gasteiger partial charge in [0.05, 0.1) is 4.92 Å². The summed E-state index contributed by atoms with van der Waals surface area (Å²) in [7, 11) is 0. The fourth-order valence-corrected chi connectivity index (χ4v) is 3.16. The molecule has 0 aliphatic carbocycles. The van der Waals surface area contributed by atoms with Crippen molar-refractivity contribution in [3.8, 4) is 0 Å². The molecular weight excluding hydrogens is 450 g/mol. The van der Waals surface area contributed by atoms with Crippen molar-refractivity contribution in [2.24, 2.45) is 0 Å². The first-order valence-corrected chi connectivity index (χ1v) is 8.83. The normalized spacial score (nSPS) is 11.4. The lowest BCUT2D eigenvalue weighted by atomic mass is 9.97. The van der Waals surface area contributed by atoms with Crippen molar-refractivity contribution in [2.75, 3.05) is 0 Å². The molecule has 1 aromatic carbocycles. The molecule has 0 unspecified atom stereocenters. The molecule has 0 aliphatic heterocycles. The molecule has 0 aliphatic rings. The minimum Gasteiger partial charge on any atom is -0.258 e. The number of hydrogen-bond donors (Lipinski definition) is 0. The number of nitro groups is 1. The molecule has 2 heterocycles. The largest absolute Gasteiger partial charge is 0.269 e. The summed E-state index contributed by atoms with van der Waals surface area (Å²) in [5, 5.41) is 10.9. The van der Waals surface area contributed by atoms with Gasteiger partial charge in [-0.15, -0.1) is 0 Å². The fraction of sp³-hybridized carbons (Fsp3) is 0. The molecule has 0 amide bonds. The molecular formula is C18H11Br2N3O2. The first-order valence-electron chi connectivity index (χ1n) is 7.24. The van der Waals surface area contributed by atoms with Crippen LogP contribution in [0.5, 0.6) is 0 Å². The second-order valence-electron chi connectivity index (χ2n) is 5.09. The first kappa shape index (κ1) is 17.4. The molecule has 0 saturated carbocycles. The number of rotatable bonds is 4. The molecule has 0 atom stereocenters. The van der Waals surface area contributed by atoms with Crippen LogP contribution in [0.2, 0.25) is 0 Å². The van der Waals surface area contributed by atoms with E-state index in [9.17, 15) is 10.1 Å². The quantitative estimate of drug-likeness (QED) is 0.293. The van der Waals surface area contributed by atoms with Crippen molar-refractivity contribution in [1.82, 2.24) is 9.97 Å². The van der Waals surface area contributed by atoms with E-state index in [1.54, 1.807) is 24.5 Å². The number of hydrogen-bond acceptors (Lipinski definition) is 4. The third-order valence-corrected chi connectivity index (χ3v) is 4.82. The van der Waals surface area contributed by atoms with E-state index in [2.05, 4.69) is 41.8 Å². The molecule has 25 heavy (non-hydrogen) atoms. The van der Waals surface area contributed by atoms with Crippen LogP contribution in [0.25, 0.3) is 11.6 Å². The monoisotopic (exact) mass is 459 g/mol. The van der Waals surface area contributed by atoms with Gasteiger partial charge in [0.2, 0.25) is 0 Å².